The Morgan fingerprint density at radius 2 is 1.50 bits per heavy atom. The lowest BCUT2D eigenvalue weighted by molar-refractivity contribution is 0.102. The molecule has 2 aromatic rings. The molecular weight excluding hydrogens is 479 g/mol. The molecule has 0 radical (unpaired) electrons. The fourth-order valence-corrected chi connectivity index (χ4v) is 5.85. The maximum Gasteiger partial charge on any atom is 0.257 e. The van der Waals surface area contributed by atoms with Crippen LogP contribution in [-0.4, -0.2) is 53.0 Å². The minimum absolute atomic E-state index is 0.0255. The SMILES string of the molecule is COc1cc(NC(=O)c2cc(S(=O)(=O)N3CCCCC3)c(Cl)cc2Cl)cc(OC)c1OC. The third kappa shape index (κ3) is 4.91. The molecule has 0 spiro atoms. The van der Waals surface area contributed by atoms with Crippen molar-refractivity contribution in [1.29, 1.82) is 0 Å². The average molecular weight is 503 g/mol. The summed E-state index contributed by atoms with van der Waals surface area (Å²) in [5.41, 5.74) is 0.316. The number of amides is 1. The van der Waals surface area contributed by atoms with E-state index < -0.39 is 15.9 Å². The van der Waals surface area contributed by atoms with E-state index in [1.807, 2.05) is 0 Å². The van der Waals surface area contributed by atoms with E-state index in [9.17, 15) is 13.2 Å². The zero-order valence-corrected chi connectivity index (χ0v) is 20.2. The summed E-state index contributed by atoms with van der Waals surface area (Å²) < 4.78 is 43.5. The van der Waals surface area contributed by atoms with Crippen LogP contribution in [0.5, 0.6) is 17.2 Å². The van der Waals surface area contributed by atoms with Gasteiger partial charge < -0.3 is 19.5 Å². The fourth-order valence-electron chi connectivity index (χ4n) is 3.50. The number of halogens is 2. The number of nitrogens with zero attached hydrogens (tertiary/aromatic N) is 1. The van der Waals surface area contributed by atoms with E-state index >= 15 is 0 Å². The molecule has 2 aromatic carbocycles. The zero-order chi connectivity index (χ0) is 23.5. The molecule has 11 heteroatoms. The summed E-state index contributed by atoms with van der Waals surface area (Å²) >= 11 is 12.5. The summed E-state index contributed by atoms with van der Waals surface area (Å²) in [4.78, 5) is 12.8. The summed E-state index contributed by atoms with van der Waals surface area (Å²) in [5, 5.41) is 2.68. The lowest BCUT2D eigenvalue weighted by Crippen LogP contribution is -2.35. The lowest BCUT2D eigenvalue weighted by Gasteiger charge is -2.26. The third-order valence-electron chi connectivity index (χ3n) is 5.12. The quantitative estimate of drug-likeness (QED) is 0.600. The van der Waals surface area contributed by atoms with Gasteiger partial charge >= 0.3 is 0 Å². The molecule has 0 saturated carbocycles. The molecule has 1 aliphatic rings. The number of benzene rings is 2. The Labute approximate surface area is 197 Å². The normalized spacial score (nSPS) is 14.7. The average Bonchev–Trinajstić information content (AvgIpc) is 2.78. The monoisotopic (exact) mass is 502 g/mol. The number of carbonyl (C=O) groups is 1. The maximum atomic E-state index is 13.1. The van der Waals surface area contributed by atoms with Gasteiger partial charge in [0.05, 0.1) is 36.9 Å². The number of rotatable bonds is 7. The molecule has 0 bridgehead atoms. The van der Waals surface area contributed by atoms with Crippen molar-refractivity contribution < 1.29 is 27.4 Å². The Morgan fingerprint density at radius 1 is 0.906 bits per heavy atom. The standard InChI is InChI=1S/C21H24Cl2N2O6S/c1-29-17-9-13(10-18(30-2)20(17)31-3)24-21(26)14-11-19(16(23)12-15(14)22)32(27,28)25-7-5-4-6-8-25/h9-12H,4-8H2,1-3H3,(H,24,26). The van der Waals surface area contributed by atoms with E-state index in [1.165, 1.54) is 37.8 Å². The molecule has 0 atom stereocenters. The highest BCUT2D eigenvalue weighted by Gasteiger charge is 2.30. The predicted octanol–water partition coefficient (Wildman–Crippen LogP) is 4.45. The minimum Gasteiger partial charge on any atom is -0.493 e. The molecule has 174 valence electrons. The van der Waals surface area contributed by atoms with Crippen LogP contribution in [0.1, 0.15) is 29.6 Å². The number of hydrogen-bond acceptors (Lipinski definition) is 6. The van der Waals surface area contributed by atoms with Gasteiger partial charge in [0, 0.05) is 30.9 Å². The Kier molecular flexibility index (Phi) is 7.76. The Morgan fingerprint density at radius 3 is 2.03 bits per heavy atom. The molecule has 1 aliphatic heterocycles. The molecule has 32 heavy (non-hydrogen) atoms. The smallest absolute Gasteiger partial charge is 0.257 e. The van der Waals surface area contributed by atoms with Gasteiger partial charge in [-0.15, -0.1) is 0 Å². The molecule has 0 aromatic heterocycles. The van der Waals surface area contributed by atoms with Gasteiger partial charge in [0.15, 0.2) is 11.5 Å². The van der Waals surface area contributed by atoms with Gasteiger partial charge in [-0.05, 0) is 25.0 Å². The van der Waals surface area contributed by atoms with Gasteiger partial charge in [-0.1, -0.05) is 29.6 Å². The van der Waals surface area contributed by atoms with Crippen LogP contribution in [0.3, 0.4) is 0 Å². The molecular formula is C21H24Cl2N2O6S. The summed E-state index contributed by atoms with van der Waals surface area (Å²) in [6.45, 7) is 0.822. The maximum absolute atomic E-state index is 13.1. The van der Waals surface area contributed by atoms with Crippen molar-refractivity contribution in [2.75, 3.05) is 39.7 Å². The van der Waals surface area contributed by atoms with Crippen LogP contribution < -0.4 is 19.5 Å². The number of piperidine rings is 1. The second-order valence-electron chi connectivity index (χ2n) is 7.10. The predicted molar refractivity (Wildman–Crippen MR) is 123 cm³/mol. The summed E-state index contributed by atoms with van der Waals surface area (Å²) in [5.74, 6) is 0.443. The number of methoxy groups -OCH3 is 3. The van der Waals surface area contributed by atoms with Crippen LogP contribution >= 0.6 is 23.2 Å². The molecule has 3 rings (SSSR count). The highest BCUT2D eigenvalue weighted by atomic mass is 35.5. The Balaban J connectivity index is 1.96. The molecule has 1 amide bonds. The van der Waals surface area contributed by atoms with Gasteiger partial charge in [0.2, 0.25) is 15.8 Å². The lowest BCUT2D eigenvalue weighted by atomic mass is 10.2. The van der Waals surface area contributed by atoms with Crippen molar-refractivity contribution in [3.63, 3.8) is 0 Å². The first-order valence-corrected chi connectivity index (χ1v) is 12.0. The summed E-state index contributed by atoms with van der Waals surface area (Å²) in [6.07, 6.45) is 2.53. The number of anilines is 1. The van der Waals surface area contributed by atoms with Crippen LogP contribution in [0.2, 0.25) is 10.0 Å². The molecule has 0 unspecified atom stereocenters. The summed E-state index contributed by atoms with van der Waals surface area (Å²) in [6, 6.07) is 5.58. The molecule has 1 N–H and O–H groups in total. The first-order valence-electron chi connectivity index (χ1n) is 9.83. The second-order valence-corrected chi connectivity index (χ2v) is 9.82. The van der Waals surface area contributed by atoms with Crippen molar-refractivity contribution in [2.45, 2.75) is 24.2 Å². The van der Waals surface area contributed by atoms with E-state index in [-0.39, 0.29) is 20.5 Å². The van der Waals surface area contributed by atoms with E-state index in [0.717, 1.165) is 19.3 Å². The molecule has 1 saturated heterocycles. The zero-order valence-electron chi connectivity index (χ0n) is 17.9. The van der Waals surface area contributed by atoms with Crippen LogP contribution in [0.15, 0.2) is 29.2 Å². The van der Waals surface area contributed by atoms with Crippen molar-refractivity contribution in [3.05, 3.63) is 39.9 Å². The van der Waals surface area contributed by atoms with E-state index in [4.69, 9.17) is 37.4 Å². The Hall–Kier alpha value is -2.20. The first kappa shape index (κ1) is 24.4. The van der Waals surface area contributed by atoms with Crippen molar-refractivity contribution in [3.8, 4) is 17.2 Å². The van der Waals surface area contributed by atoms with Crippen LogP contribution in [-0.2, 0) is 10.0 Å². The minimum atomic E-state index is -3.86. The van der Waals surface area contributed by atoms with Crippen molar-refractivity contribution in [2.24, 2.45) is 0 Å². The van der Waals surface area contributed by atoms with Gasteiger partial charge in [0.25, 0.3) is 5.91 Å². The largest absolute Gasteiger partial charge is 0.493 e. The van der Waals surface area contributed by atoms with Crippen molar-refractivity contribution in [1.82, 2.24) is 4.31 Å². The second kappa shape index (κ2) is 10.2. The molecule has 1 heterocycles. The topological polar surface area (TPSA) is 94.2 Å². The van der Waals surface area contributed by atoms with Gasteiger partial charge in [-0.25, -0.2) is 8.42 Å². The Bertz CT molecular complexity index is 1090. The van der Waals surface area contributed by atoms with E-state index in [0.29, 0.717) is 36.0 Å². The number of hydrogen-bond donors (Lipinski definition) is 1. The highest BCUT2D eigenvalue weighted by molar-refractivity contribution is 7.89. The van der Waals surface area contributed by atoms with Gasteiger partial charge in [-0.2, -0.15) is 4.31 Å². The van der Waals surface area contributed by atoms with E-state index in [2.05, 4.69) is 5.32 Å². The van der Waals surface area contributed by atoms with Crippen LogP contribution in [0.4, 0.5) is 5.69 Å². The number of carbonyl (C=O) groups excluding carboxylic acids is 1. The third-order valence-corrected chi connectivity index (χ3v) is 7.80. The van der Waals surface area contributed by atoms with Crippen LogP contribution in [0, 0.1) is 0 Å². The van der Waals surface area contributed by atoms with Gasteiger partial charge in [0.1, 0.15) is 4.90 Å². The van der Waals surface area contributed by atoms with E-state index in [1.54, 1.807) is 12.1 Å². The van der Waals surface area contributed by atoms with Gasteiger partial charge in [-0.3, -0.25) is 4.79 Å². The number of nitrogens with one attached hydrogen (secondary N) is 1. The van der Waals surface area contributed by atoms with Crippen LogP contribution in [0.25, 0.3) is 0 Å². The molecule has 1 fully saturated rings. The highest BCUT2D eigenvalue weighted by Crippen LogP contribution is 2.40. The number of sulfonamides is 1. The van der Waals surface area contributed by atoms with Crippen molar-refractivity contribution >= 4 is 44.8 Å². The first-order chi connectivity index (χ1) is 15.2. The summed E-state index contributed by atoms with van der Waals surface area (Å²) in [7, 11) is 0.516. The molecule has 0 aliphatic carbocycles. The number of ether oxygens (including phenoxy) is 3. The fraction of sp³-hybridized carbons (Fsp3) is 0.381. The molecule has 8 nitrogen and oxygen atoms in total.